The summed E-state index contributed by atoms with van der Waals surface area (Å²) in [7, 11) is 0. The predicted octanol–water partition coefficient (Wildman–Crippen LogP) is 1.92. The van der Waals surface area contributed by atoms with Gasteiger partial charge >= 0.3 is 6.03 Å². The molecule has 0 atom stereocenters. The third-order valence-electron chi connectivity index (χ3n) is 4.02. The first-order valence-electron chi connectivity index (χ1n) is 7.71. The molecule has 0 unspecified atom stereocenters. The number of hydrogen-bond acceptors (Lipinski definition) is 5. The van der Waals surface area contributed by atoms with E-state index in [0.29, 0.717) is 19.8 Å². The molecule has 2 saturated heterocycles. The average molecular weight is 346 g/mol. The molecule has 3 rings (SSSR count). The number of ether oxygens (including phenoxy) is 1. The minimum absolute atomic E-state index is 0.0922. The minimum atomic E-state index is -2.64. The molecule has 3 heterocycles. The molecule has 2 aliphatic rings. The van der Waals surface area contributed by atoms with Crippen molar-refractivity contribution in [3.63, 3.8) is 0 Å². The molecule has 128 valence electrons. The number of urea groups is 1. The van der Waals surface area contributed by atoms with Crippen LogP contribution in [0.15, 0.2) is 5.38 Å². The number of likely N-dealkylation sites (tertiary alicyclic amines) is 1. The van der Waals surface area contributed by atoms with Gasteiger partial charge in [0.1, 0.15) is 0 Å². The Morgan fingerprint density at radius 2 is 2.00 bits per heavy atom. The lowest BCUT2D eigenvalue weighted by molar-refractivity contribution is -0.0469. The fourth-order valence-electron chi connectivity index (χ4n) is 2.59. The zero-order valence-electron chi connectivity index (χ0n) is 12.8. The second-order valence-corrected chi connectivity index (χ2v) is 6.56. The molecule has 1 N–H and O–H groups in total. The third-order valence-corrected chi connectivity index (χ3v) is 4.97. The molecule has 0 saturated carbocycles. The van der Waals surface area contributed by atoms with Gasteiger partial charge in [0.05, 0.1) is 25.5 Å². The third kappa shape index (κ3) is 4.29. The number of thiazole rings is 1. The van der Waals surface area contributed by atoms with Gasteiger partial charge in [0.15, 0.2) is 5.13 Å². The summed E-state index contributed by atoms with van der Waals surface area (Å²) >= 11 is 1.54. The number of nitrogens with one attached hydrogen (secondary N) is 1. The quantitative estimate of drug-likeness (QED) is 0.908. The summed E-state index contributed by atoms with van der Waals surface area (Å²) < 4.78 is 31.5. The van der Waals surface area contributed by atoms with Gasteiger partial charge in [-0.2, -0.15) is 0 Å². The molecule has 0 radical (unpaired) electrons. The predicted molar refractivity (Wildman–Crippen MR) is 83.1 cm³/mol. The monoisotopic (exact) mass is 346 g/mol. The number of anilines is 1. The van der Waals surface area contributed by atoms with E-state index in [1.807, 2.05) is 5.38 Å². The second kappa shape index (κ2) is 6.96. The van der Waals surface area contributed by atoms with Crippen LogP contribution in [0.25, 0.3) is 0 Å². The first-order chi connectivity index (χ1) is 11.0. The number of carbonyl (C=O) groups excluding carboxylic acids is 1. The zero-order valence-corrected chi connectivity index (χ0v) is 13.6. The Hall–Kier alpha value is -1.48. The van der Waals surface area contributed by atoms with Crippen molar-refractivity contribution in [2.45, 2.75) is 25.3 Å². The van der Waals surface area contributed by atoms with Crippen LogP contribution in [0.5, 0.6) is 0 Å². The van der Waals surface area contributed by atoms with E-state index < -0.39 is 5.92 Å². The van der Waals surface area contributed by atoms with Gasteiger partial charge in [-0.15, -0.1) is 11.3 Å². The lowest BCUT2D eigenvalue weighted by Crippen LogP contribution is -2.47. The minimum Gasteiger partial charge on any atom is -0.378 e. The Kier molecular flexibility index (Phi) is 4.96. The smallest absolute Gasteiger partial charge is 0.317 e. The van der Waals surface area contributed by atoms with E-state index in [-0.39, 0.29) is 32.0 Å². The average Bonchev–Trinajstić information content (AvgIpc) is 3.02. The number of amides is 2. The fourth-order valence-corrected chi connectivity index (χ4v) is 3.47. The maximum atomic E-state index is 13.1. The van der Waals surface area contributed by atoms with Gasteiger partial charge in [-0.3, -0.25) is 0 Å². The molecule has 1 aromatic rings. The van der Waals surface area contributed by atoms with Crippen LogP contribution in [0, 0.1) is 0 Å². The van der Waals surface area contributed by atoms with E-state index in [4.69, 9.17) is 4.74 Å². The molecule has 2 amide bonds. The number of alkyl halides is 2. The lowest BCUT2D eigenvalue weighted by atomic mass is 10.1. The summed E-state index contributed by atoms with van der Waals surface area (Å²) in [6, 6.07) is -0.304. The molecule has 6 nitrogen and oxygen atoms in total. The number of halogens is 2. The molecule has 9 heteroatoms. The highest BCUT2D eigenvalue weighted by molar-refractivity contribution is 7.13. The Morgan fingerprint density at radius 3 is 2.70 bits per heavy atom. The number of rotatable bonds is 3. The van der Waals surface area contributed by atoms with E-state index in [9.17, 15) is 13.6 Å². The van der Waals surface area contributed by atoms with E-state index in [1.54, 1.807) is 0 Å². The number of aromatic nitrogens is 1. The Labute approximate surface area is 137 Å². The van der Waals surface area contributed by atoms with Gasteiger partial charge in [-0.05, 0) is 0 Å². The standard InChI is InChI=1S/C14H20F2N4O2S/c15-14(16)1-3-19(4-2-14)12(21)17-9-11-10-23-13(18-11)20-5-7-22-8-6-20/h10H,1-9H2,(H,17,21). The van der Waals surface area contributed by atoms with Crippen LogP contribution in [0.4, 0.5) is 18.7 Å². The highest BCUT2D eigenvalue weighted by atomic mass is 32.1. The molecule has 0 aromatic carbocycles. The Morgan fingerprint density at radius 1 is 1.30 bits per heavy atom. The van der Waals surface area contributed by atoms with Crippen LogP contribution in [-0.4, -0.2) is 61.2 Å². The van der Waals surface area contributed by atoms with Crippen LogP contribution < -0.4 is 10.2 Å². The van der Waals surface area contributed by atoms with Crippen LogP contribution in [-0.2, 0) is 11.3 Å². The van der Waals surface area contributed by atoms with Crippen molar-refractivity contribution in [1.82, 2.24) is 15.2 Å². The summed E-state index contributed by atoms with van der Waals surface area (Å²) in [6.45, 7) is 3.54. The SMILES string of the molecule is O=C(NCc1csc(N2CCOCC2)n1)N1CCC(F)(F)CC1. The maximum absolute atomic E-state index is 13.1. The normalized spacial score (nSPS) is 21.3. The van der Waals surface area contributed by atoms with E-state index >= 15 is 0 Å². The first-order valence-corrected chi connectivity index (χ1v) is 8.59. The van der Waals surface area contributed by atoms with Gasteiger partial charge in [0, 0.05) is 44.4 Å². The number of morpholine rings is 1. The second-order valence-electron chi connectivity index (χ2n) is 5.72. The Bertz CT molecular complexity index is 539. The van der Waals surface area contributed by atoms with Crippen LogP contribution in [0.1, 0.15) is 18.5 Å². The number of carbonyl (C=O) groups is 1. The molecule has 2 aliphatic heterocycles. The lowest BCUT2D eigenvalue weighted by Gasteiger charge is -2.31. The summed E-state index contributed by atoms with van der Waals surface area (Å²) in [5.41, 5.74) is 0.784. The molecule has 1 aromatic heterocycles. The largest absolute Gasteiger partial charge is 0.378 e. The highest BCUT2D eigenvalue weighted by Gasteiger charge is 2.35. The molecular weight excluding hydrogens is 326 g/mol. The zero-order chi connectivity index (χ0) is 16.3. The van der Waals surface area contributed by atoms with Crippen molar-refractivity contribution in [3.05, 3.63) is 11.1 Å². The molecule has 0 aliphatic carbocycles. The highest BCUT2D eigenvalue weighted by Crippen LogP contribution is 2.27. The van der Waals surface area contributed by atoms with Crippen molar-refractivity contribution in [2.24, 2.45) is 0 Å². The summed E-state index contributed by atoms with van der Waals surface area (Å²) in [4.78, 5) is 20.1. The van der Waals surface area contributed by atoms with E-state index in [1.165, 1.54) is 16.2 Å². The molecule has 2 fully saturated rings. The van der Waals surface area contributed by atoms with Gasteiger partial charge in [0.25, 0.3) is 5.92 Å². The van der Waals surface area contributed by atoms with Crippen molar-refractivity contribution >= 4 is 22.5 Å². The van der Waals surface area contributed by atoms with Crippen molar-refractivity contribution in [3.8, 4) is 0 Å². The number of piperidine rings is 1. The van der Waals surface area contributed by atoms with Crippen molar-refractivity contribution in [2.75, 3.05) is 44.3 Å². The summed E-state index contributed by atoms with van der Waals surface area (Å²) in [6.07, 6.45) is -0.531. The van der Waals surface area contributed by atoms with Gasteiger partial charge < -0.3 is 19.9 Å². The molecule has 0 spiro atoms. The number of hydrogen-bond donors (Lipinski definition) is 1. The van der Waals surface area contributed by atoms with Crippen molar-refractivity contribution < 1.29 is 18.3 Å². The fraction of sp³-hybridized carbons (Fsp3) is 0.714. The topological polar surface area (TPSA) is 57.7 Å². The van der Waals surface area contributed by atoms with Crippen LogP contribution in [0.2, 0.25) is 0 Å². The Balaban J connectivity index is 1.47. The summed E-state index contributed by atoms with van der Waals surface area (Å²) in [5.74, 6) is -2.64. The van der Waals surface area contributed by atoms with Crippen molar-refractivity contribution in [1.29, 1.82) is 0 Å². The molecule has 0 bridgehead atoms. The van der Waals surface area contributed by atoms with E-state index in [0.717, 1.165) is 23.9 Å². The van der Waals surface area contributed by atoms with E-state index in [2.05, 4.69) is 15.2 Å². The molecular formula is C14H20F2N4O2S. The summed E-state index contributed by atoms with van der Waals surface area (Å²) in [5, 5.41) is 5.59. The van der Waals surface area contributed by atoms with Crippen LogP contribution in [0.3, 0.4) is 0 Å². The van der Waals surface area contributed by atoms with Gasteiger partial charge in [-0.25, -0.2) is 18.6 Å². The van der Waals surface area contributed by atoms with Gasteiger partial charge in [-0.1, -0.05) is 0 Å². The molecule has 23 heavy (non-hydrogen) atoms. The van der Waals surface area contributed by atoms with Crippen LogP contribution >= 0.6 is 11.3 Å². The van der Waals surface area contributed by atoms with Gasteiger partial charge in [0.2, 0.25) is 0 Å². The maximum Gasteiger partial charge on any atom is 0.317 e. The number of nitrogens with zero attached hydrogens (tertiary/aromatic N) is 3. The first kappa shape index (κ1) is 16.4.